The van der Waals surface area contributed by atoms with Crippen molar-refractivity contribution in [1.29, 1.82) is 0 Å². The summed E-state index contributed by atoms with van der Waals surface area (Å²) in [5.74, 6) is 0.790. The molecule has 4 nitrogen and oxygen atoms in total. The molecule has 0 unspecified atom stereocenters. The maximum Gasteiger partial charge on any atom is 0.145 e. The van der Waals surface area contributed by atoms with E-state index in [9.17, 15) is 5.11 Å². The number of benzene rings is 1. The van der Waals surface area contributed by atoms with Gasteiger partial charge in [-0.3, -0.25) is 4.98 Å². The number of rotatable bonds is 2. The van der Waals surface area contributed by atoms with Gasteiger partial charge in [-0.2, -0.15) is 0 Å². The van der Waals surface area contributed by atoms with E-state index < -0.39 is 0 Å². The van der Waals surface area contributed by atoms with Gasteiger partial charge < -0.3 is 14.7 Å². The first-order chi connectivity index (χ1) is 9.20. The van der Waals surface area contributed by atoms with Gasteiger partial charge in [-0.1, -0.05) is 12.1 Å². The van der Waals surface area contributed by atoms with Gasteiger partial charge in [-0.15, -0.1) is 0 Å². The minimum absolute atomic E-state index is 0.228. The summed E-state index contributed by atoms with van der Waals surface area (Å²) in [5.41, 5.74) is 3.18. The molecule has 2 heterocycles. The average molecular weight is 258 g/mol. The smallest absolute Gasteiger partial charge is 0.145 e. The summed E-state index contributed by atoms with van der Waals surface area (Å²) in [4.78, 5) is 6.73. The van der Waals surface area contributed by atoms with E-state index in [0.29, 0.717) is 6.54 Å². The van der Waals surface area contributed by atoms with Crippen LogP contribution < -0.4 is 9.64 Å². The monoisotopic (exact) mass is 258 g/mol. The summed E-state index contributed by atoms with van der Waals surface area (Å²) >= 11 is 0. The minimum atomic E-state index is -0.228. The van der Waals surface area contributed by atoms with Gasteiger partial charge in [0, 0.05) is 24.7 Å². The number of methoxy groups -OCH3 is 1. The molecule has 0 saturated carbocycles. The molecular weight excluding hydrogens is 240 g/mol. The molecule has 0 aliphatic carbocycles. The van der Waals surface area contributed by atoms with Crippen LogP contribution >= 0.6 is 0 Å². The zero-order chi connectivity index (χ0) is 13.4. The van der Waals surface area contributed by atoms with E-state index in [1.54, 1.807) is 7.11 Å². The van der Waals surface area contributed by atoms with E-state index in [1.165, 1.54) is 5.69 Å². The predicted octanol–water partition coefficient (Wildman–Crippen LogP) is 2.12. The van der Waals surface area contributed by atoms with Gasteiger partial charge in [-0.05, 0) is 25.0 Å². The molecule has 1 fully saturated rings. The van der Waals surface area contributed by atoms with E-state index in [0.717, 1.165) is 35.2 Å². The summed E-state index contributed by atoms with van der Waals surface area (Å²) < 4.78 is 5.38. The van der Waals surface area contributed by atoms with Crippen molar-refractivity contribution in [2.75, 3.05) is 25.1 Å². The van der Waals surface area contributed by atoms with Crippen LogP contribution in [0.1, 0.15) is 12.0 Å². The highest BCUT2D eigenvalue weighted by Crippen LogP contribution is 2.35. The molecule has 1 N–H and O–H groups in total. The number of hydrogen-bond donors (Lipinski definition) is 1. The van der Waals surface area contributed by atoms with Crippen molar-refractivity contribution in [2.24, 2.45) is 0 Å². The van der Waals surface area contributed by atoms with Crippen molar-refractivity contribution in [3.05, 3.63) is 30.0 Å². The van der Waals surface area contributed by atoms with E-state index in [1.807, 2.05) is 18.3 Å². The number of aryl methyl sites for hydroxylation is 1. The topological polar surface area (TPSA) is 45.6 Å². The van der Waals surface area contributed by atoms with Crippen LogP contribution in [0.3, 0.4) is 0 Å². The SMILES string of the molecule is COc1cccc2c(N3CC[C@@H](O)C3)c(C)cnc12. The van der Waals surface area contributed by atoms with E-state index >= 15 is 0 Å². The van der Waals surface area contributed by atoms with Gasteiger partial charge in [0.15, 0.2) is 0 Å². The Morgan fingerprint density at radius 1 is 1.42 bits per heavy atom. The summed E-state index contributed by atoms with van der Waals surface area (Å²) in [6, 6.07) is 5.98. The Balaban J connectivity index is 2.19. The molecule has 0 radical (unpaired) electrons. The first kappa shape index (κ1) is 12.2. The molecule has 2 aromatic rings. The van der Waals surface area contributed by atoms with Gasteiger partial charge in [0.25, 0.3) is 0 Å². The fraction of sp³-hybridized carbons (Fsp3) is 0.400. The Bertz CT molecular complexity index is 612. The highest BCUT2D eigenvalue weighted by Gasteiger charge is 2.23. The third-order valence-corrected chi connectivity index (χ3v) is 3.71. The number of pyridine rings is 1. The largest absolute Gasteiger partial charge is 0.494 e. The first-order valence-corrected chi connectivity index (χ1v) is 6.56. The van der Waals surface area contributed by atoms with Gasteiger partial charge in [0.05, 0.1) is 18.9 Å². The number of aromatic nitrogens is 1. The molecule has 4 heteroatoms. The summed E-state index contributed by atoms with van der Waals surface area (Å²) in [6.07, 6.45) is 2.48. The Morgan fingerprint density at radius 2 is 2.26 bits per heavy atom. The number of hydrogen-bond acceptors (Lipinski definition) is 4. The number of aliphatic hydroxyl groups is 1. The average Bonchev–Trinajstić information content (AvgIpc) is 2.84. The molecule has 100 valence electrons. The molecule has 1 aliphatic heterocycles. The molecule has 1 saturated heterocycles. The maximum absolute atomic E-state index is 9.74. The second-order valence-electron chi connectivity index (χ2n) is 5.03. The van der Waals surface area contributed by atoms with Crippen LogP contribution in [0.4, 0.5) is 5.69 Å². The second-order valence-corrected chi connectivity index (χ2v) is 5.03. The Kier molecular flexibility index (Phi) is 3.03. The first-order valence-electron chi connectivity index (χ1n) is 6.56. The molecule has 1 aliphatic rings. The number of β-amino-alcohol motifs (C(OH)–C–C–N with tert-alkyl or cyclic N) is 1. The van der Waals surface area contributed by atoms with Gasteiger partial charge in [0.2, 0.25) is 0 Å². The summed E-state index contributed by atoms with van der Waals surface area (Å²) in [5, 5.41) is 10.8. The Morgan fingerprint density at radius 3 is 2.95 bits per heavy atom. The van der Waals surface area contributed by atoms with Crippen LogP contribution in [0.25, 0.3) is 10.9 Å². The Labute approximate surface area is 112 Å². The van der Waals surface area contributed by atoms with Gasteiger partial charge in [-0.25, -0.2) is 0 Å². The lowest BCUT2D eigenvalue weighted by Gasteiger charge is -2.22. The number of para-hydroxylation sites is 1. The zero-order valence-electron chi connectivity index (χ0n) is 11.3. The molecule has 3 rings (SSSR count). The highest BCUT2D eigenvalue weighted by molar-refractivity contribution is 5.96. The van der Waals surface area contributed by atoms with Gasteiger partial charge in [0.1, 0.15) is 11.3 Å². The van der Waals surface area contributed by atoms with Crippen molar-refractivity contribution < 1.29 is 9.84 Å². The number of nitrogens with zero attached hydrogens (tertiary/aromatic N) is 2. The predicted molar refractivity (Wildman–Crippen MR) is 75.9 cm³/mol. The van der Waals surface area contributed by atoms with Crippen LogP contribution in [0.5, 0.6) is 5.75 Å². The second kappa shape index (κ2) is 4.70. The molecule has 19 heavy (non-hydrogen) atoms. The van der Waals surface area contributed by atoms with E-state index in [2.05, 4.69) is 22.9 Å². The molecule has 1 atom stereocenters. The van der Waals surface area contributed by atoms with Crippen molar-refractivity contribution in [1.82, 2.24) is 4.98 Å². The molecule has 0 spiro atoms. The number of aliphatic hydroxyl groups excluding tert-OH is 1. The standard InChI is InChI=1S/C15H18N2O2/c1-10-8-16-14-12(4-3-5-13(14)19-2)15(10)17-7-6-11(18)9-17/h3-5,8,11,18H,6-7,9H2,1-2H3/t11-/m1/s1. The number of anilines is 1. The van der Waals surface area contributed by atoms with E-state index in [-0.39, 0.29) is 6.10 Å². The third-order valence-electron chi connectivity index (χ3n) is 3.71. The number of ether oxygens (including phenoxy) is 1. The van der Waals surface area contributed by atoms with Crippen LogP contribution in [0, 0.1) is 6.92 Å². The normalized spacial score (nSPS) is 19.1. The third kappa shape index (κ3) is 2.02. The highest BCUT2D eigenvalue weighted by atomic mass is 16.5. The summed E-state index contributed by atoms with van der Waals surface area (Å²) in [7, 11) is 1.66. The lowest BCUT2D eigenvalue weighted by Crippen LogP contribution is -2.22. The fourth-order valence-electron chi connectivity index (χ4n) is 2.81. The van der Waals surface area contributed by atoms with Crippen molar-refractivity contribution in [3.63, 3.8) is 0 Å². The lowest BCUT2D eigenvalue weighted by molar-refractivity contribution is 0.198. The van der Waals surface area contributed by atoms with Crippen molar-refractivity contribution in [3.8, 4) is 5.75 Å². The summed E-state index contributed by atoms with van der Waals surface area (Å²) in [6.45, 7) is 3.64. The van der Waals surface area contributed by atoms with Crippen LogP contribution in [0.2, 0.25) is 0 Å². The molecular formula is C15H18N2O2. The molecule has 0 bridgehead atoms. The van der Waals surface area contributed by atoms with Crippen LogP contribution in [0.15, 0.2) is 24.4 Å². The van der Waals surface area contributed by atoms with E-state index in [4.69, 9.17) is 4.74 Å². The van der Waals surface area contributed by atoms with Crippen molar-refractivity contribution >= 4 is 16.6 Å². The van der Waals surface area contributed by atoms with Crippen LogP contribution in [-0.4, -0.2) is 36.4 Å². The maximum atomic E-state index is 9.74. The van der Waals surface area contributed by atoms with Crippen molar-refractivity contribution in [2.45, 2.75) is 19.4 Å². The quantitative estimate of drug-likeness (QED) is 0.896. The fourth-order valence-corrected chi connectivity index (χ4v) is 2.81. The van der Waals surface area contributed by atoms with Crippen LogP contribution in [-0.2, 0) is 0 Å². The minimum Gasteiger partial charge on any atom is -0.494 e. The van der Waals surface area contributed by atoms with Gasteiger partial charge >= 0.3 is 0 Å². The molecule has 1 aromatic carbocycles. The lowest BCUT2D eigenvalue weighted by atomic mass is 10.1. The Hall–Kier alpha value is -1.81. The molecule has 1 aromatic heterocycles. The number of fused-ring (bicyclic) bond motifs is 1. The zero-order valence-corrected chi connectivity index (χ0v) is 11.3. The molecule has 0 amide bonds.